The predicted molar refractivity (Wildman–Crippen MR) is 85.1 cm³/mol. The van der Waals surface area contributed by atoms with Gasteiger partial charge >= 0.3 is 0 Å². The van der Waals surface area contributed by atoms with Gasteiger partial charge in [0.1, 0.15) is 0 Å². The van der Waals surface area contributed by atoms with Crippen molar-refractivity contribution in [3.8, 4) is 0 Å². The number of pyridine rings is 2. The molecule has 0 radical (unpaired) electrons. The van der Waals surface area contributed by atoms with Crippen LogP contribution in [0.2, 0.25) is 0 Å². The van der Waals surface area contributed by atoms with Gasteiger partial charge in [0.25, 0.3) is 0 Å². The molecular weight excluding hydrogens is 302 g/mol. The number of fused-ring (bicyclic) bond motifs is 2. The molecule has 5 nitrogen and oxygen atoms in total. The molecule has 23 heavy (non-hydrogen) atoms. The van der Waals surface area contributed by atoms with Gasteiger partial charge in [0.05, 0.1) is 10.9 Å². The van der Waals surface area contributed by atoms with E-state index in [9.17, 15) is 13.7 Å². The Hall–Kier alpha value is -2.54. The summed E-state index contributed by atoms with van der Waals surface area (Å²) < 4.78 is 27.3. The van der Waals surface area contributed by atoms with Gasteiger partial charge in [0, 0.05) is 43.3 Å². The van der Waals surface area contributed by atoms with Crippen LogP contribution in [0.4, 0.5) is 14.6 Å². The van der Waals surface area contributed by atoms with Gasteiger partial charge in [0.2, 0.25) is 5.95 Å². The molecule has 0 bridgehead atoms. The number of rotatable bonds is 1. The van der Waals surface area contributed by atoms with E-state index in [1.54, 1.807) is 6.07 Å². The first-order chi connectivity index (χ1) is 11.1. The van der Waals surface area contributed by atoms with Crippen LogP contribution in [0.3, 0.4) is 0 Å². The Bertz CT molecular complexity index is 964. The molecule has 0 aliphatic carbocycles. The summed E-state index contributed by atoms with van der Waals surface area (Å²) in [5.41, 5.74) is 0.645. The van der Waals surface area contributed by atoms with E-state index in [0.717, 1.165) is 37.3 Å². The molecule has 0 spiro atoms. The highest BCUT2D eigenvalue weighted by Gasteiger charge is 2.14. The molecule has 4 rings (SSSR count). The summed E-state index contributed by atoms with van der Waals surface area (Å²) in [6, 6.07) is 7.83. The van der Waals surface area contributed by atoms with Crippen molar-refractivity contribution in [2.24, 2.45) is 0 Å². The minimum atomic E-state index is -1.24. The molecule has 1 aliphatic heterocycles. The summed E-state index contributed by atoms with van der Waals surface area (Å²) >= 11 is 0. The molecule has 7 heteroatoms. The molecule has 118 valence electrons. The lowest BCUT2D eigenvalue weighted by Gasteiger charge is -2.29. The van der Waals surface area contributed by atoms with Gasteiger partial charge in [-0.05, 0) is 18.2 Å². The van der Waals surface area contributed by atoms with E-state index in [0.29, 0.717) is 11.6 Å². The van der Waals surface area contributed by atoms with Gasteiger partial charge in [-0.3, -0.25) is 4.79 Å². The van der Waals surface area contributed by atoms with E-state index in [2.05, 4.69) is 15.2 Å². The van der Waals surface area contributed by atoms with Crippen molar-refractivity contribution in [1.29, 1.82) is 0 Å². The minimum absolute atomic E-state index is 0.0660. The maximum Gasteiger partial charge on any atom is 0.228 e. The van der Waals surface area contributed by atoms with Crippen molar-refractivity contribution in [2.75, 3.05) is 31.1 Å². The highest BCUT2D eigenvalue weighted by molar-refractivity contribution is 5.92. The fourth-order valence-electron chi connectivity index (χ4n) is 2.94. The van der Waals surface area contributed by atoms with E-state index in [1.165, 1.54) is 0 Å². The Morgan fingerprint density at radius 1 is 1.13 bits per heavy atom. The molecule has 1 fully saturated rings. The summed E-state index contributed by atoms with van der Waals surface area (Å²) in [4.78, 5) is 18.0. The second-order valence-electron chi connectivity index (χ2n) is 5.59. The Kier molecular flexibility index (Phi) is 3.23. The SMILES string of the molecule is O=c1cc(F)n(F)c2nc3cc(N4CCNCC4)ccc3cc12. The second kappa shape index (κ2) is 5.27. The number of aromatic nitrogens is 2. The summed E-state index contributed by atoms with van der Waals surface area (Å²) in [7, 11) is 0. The number of halogens is 2. The lowest BCUT2D eigenvalue weighted by Crippen LogP contribution is -2.43. The van der Waals surface area contributed by atoms with Gasteiger partial charge in [-0.25, -0.2) is 4.98 Å². The van der Waals surface area contributed by atoms with Crippen LogP contribution < -0.4 is 15.6 Å². The molecule has 1 aromatic carbocycles. The maximum atomic E-state index is 13.9. The monoisotopic (exact) mass is 316 g/mol. The summed E-state index contributed by atoms with van der Waals surface area (Å²) in [6.07, 6.45) is 0. The number of hydrogen-bond acceptors (Lipinski definition) is 4. The first kappa shape index (κ1) is 14.1. The highest BCUT2D eigenvalue weighted by atomic mass is 19.2. The van der Waals surface area contributed by atoms with E-state index in [1.807, 2.05) is 18.2 Å². The lowest BCUT2D eigenvalue weighted by atomic mass is 10.1. The third-order valence-electron chi connectivity index (χ3n) is 4.15. The third-order valence-corrected chi connectivity index (χ3v) is 4.15. The van der Waals surface area contributed by atoms with E-state index in [4.69, 9.17) is 0 Å². The summed E-state index contributed by atoms with van der Waals surface area (Å²) in [5.74, 6) is -1.24. The zero-order chi connectivity index (χ0) is 16.0. The molecule has 0 saturated carbocycles. The van der Waals surface area contributed by atoms with Crippen molar-refractivity contribution in [3.05, 3.63) is 46.5 Å². The van der Waals surface area contributed by atoms with Crippen molar-refractivity contribution in [1.82, 2.24) is 15.1 Å². The van der Waals surface area contributed by atoms with E-state index in [-0.39, 0.29) is 15.8 Å². The molecule has 3 heterocycles. The van der Waals surface area contributed by atoms with Crippen LogP contribution in [-0.2, 0) is 0 Å². The molecule has 1 N–H and O–H groups in total. The number of benzene rings is 1. The molecular formula is C16H14F2N4O. The average molecular weight is 316 g/mol. The zero-order valence-electron chi connectivity index (χ0n) is 12.2. The number of anilines is 1. The van der Waals surface area contributed by atoms with Gasteiger partial charge in [0.15, 0.2) is 11.1 Å². The van der Waals surface area contributed by atoms with Gasteiger partial charge < -0.3 is 10.2 Å². The number of piperazine rings is 1. The highest BCUT2D eigenvalue weighted by Crippen LogP contribution is 2.24. The van der Waals surface area contributed by atoms with Crippen LogP contribution in [0.25, 0.3) is 21.9 Å². The Morgan fingerprint density at radius 3 is 2.70 bits per heavy atom. The maximum absolute atomic E-state index is 13.9. The molecule has 1 saturated heterocycles. The van der Waals surface area contributed by atoms with Gasteiger partial charge in [-0.15, -0.1) is 4.79 Å². The van der Waals surface area contributed by atoms with Crippen LogP contribution in [0.5, 0.6) is 0 Å². The van der Waals surface area contributed by atoms with Crippen molar-refractivity contribution < 1.29 is 8.87 Å². The summed E-state index contributed by atoms with van der Waals surface area (Å²) in [6.45, 7) is 3.56. The molecule has 0 amide bonds. The quantitative estimate of drug-likeness (QED) is 0.550. The fourth-order valence-corrected chi connectivity index (χ4v) is 2.94. The van der Waals surface area contributed by atoms with Crippen molar-refractivity contribution in [2.45, 2.75) is 0 Å². The Morgan fingerprint density at radius 2 is 1.91 bits per heavy atom. The Labute approximate surface area is 130 Å². The number of nitrogens with one attached hydrogen (secondary N) is 1. The molecule has 3 aromatic rings. The van der Waals surface area contributed by atoms with Crippen LogP contribution in [0.15, 0.2) is 35.1 Å². The second-order valence-corrected chi connectivity index (χ2v) is 5.59. The standard InChI is InChI=1S/C16H14F2N4O/c17-15-9-14(23)12-7-10-1-2-11(21-5-3-19-4-6-21)8-13(10)20-16(12)22(15)18/h1-2,7-9,19H,3-6H2. The van der Waals surface area contributed by atoms with Crippen LogP contribution in [0.1, 0.15) is 0 Å². The lowest BCUT2D eigenvalue weighted by molar-refractivity contribution is 0.305. The van der Waals surface area contributed by atoms with E-state index < -0.39 is 11.4 Å². The number of hydrogen-bond donors (Lipinski definition) is 1. The van der Waals surface area contributed by atoms with Gasteiger partial charge in [-0.2, -0.15) is 4.39 Å². The van der Waals surface area contributed by atoms with E-state index >= 15 is 0 Å². The Balaban J connectivity index is 1.92. The average Bonchev–Trinajstić information content (AvgIpc) is 2.59. The van der Waals surface area contributed by atoms with Crippen molar-refractivity contribution >= 4 is 27.6 Å². The van der Waals surface area contributed by atoms with Crippen LogP contribution in [0, 0.1) is 5.95 Å². The molecule has 2 aromatic heterocycles. The molecule has 0 atom stereocenters. The fraction of sp³-hybridized carbons (Fsp3) is 0.250. The van der Waals surface area contributed by atoms with Crippen molar-refractivity contribution in [3.63, 3.8) is 0 Å². The predicted octanol–water partition coefficient (Wildman–Crippen LogP) is 1.83. The zero-order valence-corrected chi connectivity index (χ0v) is 12.2. The van der Waals surface area contributed by atoms with Gasteiger partial charge in [-0.1, -0.05) is 10.5 Å². The summed E-state index contributed by atoms with van der Waals surface area (Å²) in [5, 5.41) is 4.07. The minimum Gasteiger partial charge on any atom is -0.369 e. The topological polar surface area (TPSA) is 50.2 Å². The van der Waals surface area contributed by atoms with Crippen LogP contribution >= 0.6 is 0 Å². The molecule has 1 aliphatic rings. The smallest absolute Gasteiger partial charge is 0.228 e. The third kappa shape index (κ3) is 2.33. The largest absolute Gasteiger partial charge is 0.369 e. The normalized spacial score (nSPS) is 15.5. The van der Waals surface area contributed by atoms with Crippen LogP contribution in [-0.4, -0.2) is 36.0 Å². The first-order valence-electron chi connectivity index (χ1n) is 7.41. The number of nitrogens with zero attached hydrogens (tertiary/aromatic N) is 3. The first-order valence-corrected chi connectivity index (χ1v) is 7.41. The molecule has 0 unspecified atom stereocenters.